The number of aromatic nitrogens is 1. The number of thiazole rings is 1. The molecule has 0 fully saturated rings. The molecule has 2 rings (SSSR count). The SMILES string of the molecule is O=C(O)c1sc(-c2ccccc2)nc1CBr. The van der Waals surface area contributed by atoms with E-state index in [9.17, 15) is 4.79 Å². The van der Waals surface area contributed by atoms with E-state index in [0.29, 0.717) is 15.9 Å². The van der Waals surface area contributed by atoms with E-state index >= 15 is 0 Å². The van der Waals surface area contributed by atoms with Crippen molar-refractivity contribution in [1.82, 2.24) is 4.98 Å². The fourth-order valence-corrected chi connectivity index (χ4v) is 2.83. The van der Waals surface area contributed by atoms with Crippen LogP contribution in [-0.2, 0) is 5.33 Å². The van der Waals surface area contributed by atoms with E-state index in [0.717, 1.165) is 10.6 Å². The van der Waals surface area contributed by atoms with Crippen LogP contribution in [0.1, 0.15) is 15.4 Å². The topological polar surface area (TPSA) is 50.2 Å². The lowest BCUT2D eigenvalue weighted by Crippen LogP contribution is -1.96. The lowest BCUT2D eigenvalue weighted by atomic mass is 10.2. The van der Waals surface area contributed by atoms with Gasteiger partial charge in [0.05, 0.1) is 5.69 Å². The van der Waals surface area contributed by atoms with E-state index < -0.39 is 5.97 Å². The number of hydrogen-bond donors (Lipinski definition) is 1. The lowest BCUT2D eigenvalue weighted by Gasteiger charge is -1.92. The van der Waals surface area contributed by atoms with E-state index in [1.54, 1.807) is 0 Å². The van der Waals surface area contributed by atoms with Crippen LogP contribution >= 0.6 is 27.3 Å². The number of carboxylic acids is 1. The van der Waals surface area contributed by atoms with Crippen molar-refractivity contribution in [2.45, 2.75) is 5.33 Å². The van der Waals surface area contributed by atoms with Crippen molar-refractivity contribution in [2.24, 2.45) is 0 Å². The Morgan fingerprint density at radius 1 is 1.38 bits per heavy atom. The number of carboxylic acid groups (broad SMARTS) is 1. The third kappa shape index (κ3) is 2.15. The quantitative estimate of drug-likeness (QED) is 0.883. The Bertz CT molecular complexity index is 510. The molecule has 0 bridgehead atoms. The van der Waals surface area contributed by atoms with Crippen molar-refractivity contribution in [1.29, 1.82) is 0 Å². The summed E-state index contributed by atoms with van der Waals surface area (Å²) in [6.07, 6.45) is 0. The van der Waals surface area contributed by atoms with Gasteiger partial charge in [0.25, 0.3) is 0 Å². The number of halogens is 1. The maximum atomic E-state index is 11.0. The fourth-order valence-electron chi connectivity index (χ4n) is 1.31. The molecule has 1 heterocycles. The molecule has 0 aliphatic rings. The summed E-state index contributed by atoms with van der Waals surface area (Å²) >= 11 is 4.45. The highest BCUT2D eigenvalue weighted by molar-refractivity contribution is 9.08. The van der Waals surface area contributed by atoms with Crippen molar-refractivity contribution in [2.75, 3.05) is 0 Å². The van der Waals surface area contributed by atoms with Crippen LogP contribution in [-0.4, -0.2) is 16.1 Å². The molecule has 0 saturated heterocycles. The van der Waals surface area contributed by atoms with Gasteiger partial charge in [0.2, 0.25) is 0 Å². The van der Waals surface area contributed by atoms with Gasteiger partial charge in [-0.2, -0.15) is 0 Å². The summed E-state index contributed by atoms with van der Waals surface area (Å²) in [4.78, 5) is 15.6. The second-order valence-corrected chi connectivity index (χ2v) is 4.66. The molecule has 0 aliphatic carbocycles. The van der Waals surface area contributed by atoms with Crippen LogP contribution < -0.4 is 0 Å². The molecule has 82 valence electrons. The molecular formula is C11H8BrNO2S. The van der Waals surface area contributed by atoms with Crippen LogP contribution in [0.3, 0.4) is 0 Å². The minimum absolute atomic E-state index is 0.302. The van der Waals surface area contributed by atoms with Gasteiger partial charge in [0, 0.05) is 10.9 Å². The Hall–Kier alpha value is -1.20. The molecular weight excluding hydrogens is 290 g/mol. The highest BCUT2D eigenvalue weighted by Gasteiger charge is 2.16. The monoisotopic (exact) mass is 297 g/mol. The van der Waals surface area contributed by atoms with E-state index in [1.807, 2.05) is 30.3 Å². The van der Waals surface area contributed by atoms with Gasteiger partial charge >= 0.3 is 5.97 Å². The predicted octanol–water partition coefficient (Wildman–Crippen LogP) is 3.40. The molecule has 0 saturated carbocycles. The van der Waals surface area contributed by atoms with E-state index in [-0.39, 0.29) is 0 Å². The fraction of sp³-hybridized carbons (Fsp3) is 0.0909. The van der Waals surface area contributed by atoms with Crippen LogP contribution in [0.2, 0.25) is 0 Å². The third-order valence-corrected chi connectivity index (χ3v) is 3.70. The first-order chi connectivity index (χ1) is 7.72. The average molecular weight is 298 g/mol. The number of aromatic carboxylic acids is 1. The van der Waals surface area contributed by atoms with E-state index in [4.69, 9.17) is 5.11 Å². The first-order valence-electron chi connectivity index (χ1n) is 4.56. The van der Waals surface area contributed by atoms with Crippen LogP contribution in [0.4, 0.5) is 0 Å². The van der Waals surface area contributed by atoms with Crippen LogP contribution in [0.15, 0.2) is 30.3 Å². The summed E-state index contributed by atoms with van der Waals surface area (Å²) < 4.78 is 0. The molecule has 1 aromatic heterocycles. The molecule has 0 atom stereocenters. The second-order valence-electron chi connectivity index (χ2n) is 3.10. The Morgan fingerprint density at radius 3 is 2.56 bits per heavy atom. The lowest BCUT2D eigenvalue weighted by molar-refractivity contribution is 0.0701. The van der Waals surface area contributed by atoms with Crippen LogP contribution in [0, 0.1) is 0 Å². The first kappa shape index (κ1) is 11.3. The zero-order valence-electron chi connectivity index (χ0n) is 8.18. The second kappa shape index (κ2) is 4.76. The van der Waals surface area contributed by atoms with Gasteiger partial charge in [-0.15, -0.1) is 11.3 Å². The van der Waals surface area contributed by atoms with Gasteiger partial charge in [-0.3, -0.25) is 0 Å². The first-order valence-corrected chi connectivity index (χ1v) is 6.50. The van der Waals surface area contributed by atoms with Crippen molar-refractivity contribution < 1.29 is 9.90 Å². The Balaban J connectivity index is 2.48. The molecule has 3 nitrogen and oxygen atoms in total. The van der Waals surface area contributed by atoms with Gasteiger partial charge < -0.3 is 5.11 Å². The largest absolute Gasteiger partial charge is 0.477 e. The average Bonchev–Trinajstić information content (AvgIpc) is 2.74. The molecule has 1 N–H and O–H groups in total. The minimum atomic E-state index is -0.922. The summed E-state index contributed by atoms with van der Waals surface area (Å²) in [7, 11) is 0. The summed E-state index contributed by atoms with van der Waals surface area (Å²) in [5.74, 6) is -0.922. The van der Waals surface area contributed by atoms with Crippen LogP contribution in [0.25, 0.3) is 10.6 Å². The Morgan fingerprint density at radius 2 is 2.06 bits per heavy atom. The number of carbonyl (C=O) groups is 1. The molecule has 16 heavy (non-hydrogen) atoms. The maximum absolute atomic E-state index is 11.0. The van der Waals surface area contributed by atoms with Gasteiger partial charge in [-0.05, 0) is 0 Å². The summed E-state index contributed by atoms with van der Waals surface area (Å²) in [5, 5.41) is 10.2. The van der Waals surface area contributed by atoms with E-state index in [1.165, 1.54) is 11.3 Å². The van der Waals surface area contributed by atoms with E-state index in [2.05, 4.69) is 20.9 Å². The normalized spacial score (nSPS) is 10.3. The molecule has 2 aromatic rings. The summed E-state index contributed by atoms with van der Waals surface area (Å²) in [6.45, 7) is 0. The van der Waals surface area contributed by atoms with Gasteiger partial charge in [0.15, 0.2) is 0 Å². The summed E-state index contributed by atoms with van der Waals surface area (Å²) in [6, 6.07) is 9.57. The van der Waals surface area contributed by atoms with Crippen LogP contribution in [0.5, 0.6) is 0 Å². The molecule has 0 unspecified atom stereocenters. The Kier molecular flexibility index (Phi) is 3.36. The van der Waals surface area contributed by atoms with Crippen molar-refractivity contribution in [3.05, 3.63) is 40.9 Å². The highest BCUT2D eigenvalue weighted by Crippen LogP contribution is 2.28. The predicted molar refractivity (Wildman–Crippen MR) is 67.1 cm³/mol. The van der Waals surface area contributed by atoms with Crippen molar-refractivity contribution >= 4 is 33.2 Å². The summed E-state index contributed by atoms with van der Waals surface area (Å²) in [5.41, 5.74) is 1.53. The van der Waals surface area contributed by atoms with Gasteiger partial charge in [0.1, 0.15) is 9.88 Å². The Labute approximate surface area is 105 Å². The zero-order valence-corrected chi connectivity index (χ0v) is 10.6. The molecule has 0 aliphatic heterocycles. The smallest absolute Gasteiger partial charge is 0.347 e. The van der Waals surface area contributed by atoms with Gasteiger partial charge in [-0.25, -0.2) is 9.78 Å². The number of alkyl halides is 1. The number of hydrogen-bond acceptors (Lipinski definition) is 3. The van der Waals surface area contributed by atoms with Crippen molar-refractivity contribution in [3.8, 4) is 10.6 Å². The number of nitrogens with zero attached hydrogens (tertiary/aromatic N) is 1. The third-order valence-electron chi connectivity index (χ3n) is 2.04. The zero-order chi connectivity index (χ0) is 11.5. The molecule has 0 amide bonds. The minimum Gasteiger partial charge on any atom is -0.477 e. The standard InChI is InChI=1S/C11H8BrNO2S/c12-6-8-9(11(14)15)16-10(13-8)7-4-2-1-3-5-7/h1-5H,6H2,(H,14,15). The molecule has 1 aromatic carbocycles. The van der Waals surface area contributed by atoms with Gasteiger partial charge in [-0.1, -0.05) is 46.3 Å². The molecule has 0 spiro atoms. The number of rotatable bonds is 3. The number of benzene rings is 1. The molecule has 0 radical (unpaired) electrons. The highest BCUT2D eigenvalue weighted by atomic mass is 79.9. The maximum Gasteiger partial charge on any atom is 0.347 e. The molecule has 5 heteroatoms. The van der Waals surface area contributed by atoms with Crippen molar-refractivity contribution in [3.63, 3.8) is 0 Å².